The van der Waals surface area contributed by atoms with E-state index in [1.54, 1.807) is 30.3 Å². The van der Waals surface area contributed by atoms with Gasteiger partial charge in [-0.1, -0.05) is 36.4 Å². The molecular formula is C20H16F3NO4. The highest BCUT2D eigenvalue weighted by molar-refractivity contribution is 6.06. The second kappa shape index (κ2) is 7.46. The molecule has 8 heteroatoms. The number of esters is 2. The van der Waals surface area contributed by atoms with Crippen LogP contribution in [0.1, 0.15) is 11.1 Å². The van der Waals surface area contributed by atoms with Crippen LogP contribution in [0.4, 0.5) is 13.2 Å². The molecule has 0 fully saturated rings. The van der Waals surface area contributed by atoms with Gasteiger partial charge in [0.15, 0.2) is 5.92 Å². The first-order chi connectivity index (χ1) is 13.3. The molecule has 0 atom stereocenters. The van der Waals surface area contributed by atoms with Gasteiger partial charge in [0, 0.05) is 17.0 Å². The summed E-state index contributed by atoms with van der Waals surface area (Å²) < 4.78 is 50.9. The molecule has 28 heavy (non-hydrogen) atoms. The molecule has 0 spiro atoms. The van der Waals surface area contributed by atoms with Crippen LogP contribution in [-0.4, -0.2) is 31.1 Å². The SMILES string of the molecule is COC(=O)C(Cc1cnc2c(ccc3ccccc32)c1C(F)(F)F)C(=O)OC. The molecule has 1 heterocycles. The van der Waals surface area contributed by atoms with E-state index in [0.717, 1.165) is 25.8 Å². The molecule has 5 nitrogen and oxygen atoms in total. The lowest BCUT2D eigenvalue weighted by molar-refractivity contribution is -0.159. The number of methoxy groups -OCH3 is 2. The van der Waals surface area contributed by atoms with E-state index in [1.807, 2.05) is 0 Å². The molecule has 146 valence electrons. The second-order valence-electron chi connectivity index (χ2n) is 6.14. The van der Waals surface area contributed by atoms with Crippen molar-refractivity contribution in [2.75, 3.05) is 14.2 Å². The normalized spacial score (nSPS) is 11.8. The number of pyridine rings is 1. The number of rotatable bonds is 4. The van der Waals surface area contributed by atoms with Gasteiger partial charge in [0.1, 0.15) is 0 Å². The van der Waals surface area contributed by atoms with E-state index in [4.69, 9.17) is 0 Å². The number of hydrogen-bond acceptors (Lipinski definition) is 5. The van der Waals surface area contributed by atoms with Gasteiger partial charge in [-0.15, -0.1) is 0 Å². The third kappa shape index (κ3) is 3.49. The Morgan fingerprint density at radius 3 is 2.25 bits per heavy atom. The van der Waals surface area contributed by atoms with Gasteiger partial charge in [0.2, 0.25) is 0 Å². The average Bonchev–Trinajstić information content (AvgIpc) is 2.69. The summed E-state index contributed by atoms with van der Waals surface area (Å²) in [6.07, 6.45) is -4.20. The van der Waals surface area contributed by atoms with Gasteiger partial charge in [-0.25, -0.2) is 0 Å². The Bertz CT molecular complexity index is 1050. The minimum Gasteiger partial charge on any atom is -0.468 e. The quantitative estimate of drug-likeness (QED) is 0.383. The van der Waals surface area contributed by atoms with Crippen LogP contribution in [0.25, 0.3) is 21.7 Å². The van der Waals surface area contributed by atoms with Crippen molar-refractivity contribution in [1.82, 2.24) is 4.98 Å². The summed E-state index contributed by atoms with van der Waals surface area (Å²) in [7, 11) is 2.10. The fraction of sp³-hybridized carbons (Fsp3) is 0.250. The van der Waals surface area contributed by atoms with Gasteiger partial charge >= 0.3 is 18.1 Å². The molecule has 0 aliphatic rings. The van der Waals surface area contributed by atoms with Crippen molar-refractivity contribution in [1.29, 1.82) is 0 Å². The van der Waals surface area contributed by atoms with Crippen LogP contribution < -0.4 is 0 Å². The minimum absolute atomic E-state index is 0.0998. The Labute approximate surface area is 158 Å². The van der Waals surface area contributed by atoms with Crippen molar-refractivity contribution in [3.05, 3.63) is 53.7 Å². The van der Waals surface area contributed by atoms with E-state index in [-0.39, 0.29) is 16.5 Å². The highest BCUT2D eigenvalue weighted by atomic mass is 19.4. The predicted molar refractivity (Wildman–Crippen MR) is 95.5 cm³/mol. The van der Waals surface area contributed by atoms with E-state index < -0.39 is 36.0 Å². The Kier molecular flexibility index (Phi) is 5.22. The number of ether oxygens (including phenoxy) is 2. The summed E-state index contributed by atoms with van der Waals surface area (Å²) in [6.45, 7) is 0. The van der Waals surface area contributed by atoms with Crippen LogP contribution in [0, 0.1) is 5.92 Å². The lowest BCUT2D eigenvalue weighted by atomic mass is 9.93. The van der Waals surface area contributed by atoms with Crippen LogP contribution in [0.15, 0.2) is 42.6 Å². The first kappa shape index (κ1) is 19.6. The smallest absolute Gasteiger partial charge is 0.417 e. The number of halogens is 3. The van der Waals surface area contributed by atoms with E-state index in [9.17, 15) is 22.8 Å². The van der Waals surface area contributed by atoms with Gasteiger partial charge in [-0.05, 0) is 17.4 Å². The van der Waals surface area contributed by atoms with Crippen LogP contribution in [-0.2, 0) is 31.7 Å². The average molecular weight is 391 g/mol. The summed E-state index contributed by atoms with van der Waals surface area (Å²) in [5.41, 5.74) is -1.01. The second-order valence-corrected chi connectivity index (χ2v) is 6.14. The zero-order chi connectivity index (χ0) is 20.5. The summed E-state index contributed by atoms with van der Waals surface area (Å²) in [4.78, 5) is 28.0. The summed E-state index contributed by atoms with van der Waals surface area (Å²) >= 11 is 0. The lowest BCUT2D eigenvalue weighted by Gasteiger charge is -2.18. The molecule has 0 radical (unpaired) electrons. The molecular weight excluding hydrogens is 375 g/mol. The van der Waals surface area contributed by atoms with Gasteiger partial charge in [0.25, 0.3) is 0 Å². The standard InChI is InChI=1S/C20H16F3NO4/c1-27-18(25)15(19(26)28-2)9-12-10-24-17-13-6-4-3-5-11(13)7-8-14(17)16(12)20(21,22)23/h3-8,10,15H,9H2,1-2H3. The van der Waals surface area contributed by atoms with Crippen LogP contribution in [0.2, 0.25) is 0 Å². The van der Waals surface area contributed by atoms with Crippen LogP contribution in [0.5, 0.6) is 0 Å². The number of nitrogens with zero attached hydrogens (tertiary/aromatic N) is 1. The van der Waals surface area contributed by atoms with Gasteiger partial charge in [-0.2, -0.15) is 13.2 Å². The zero-order valence-electron chi connectivity index (χ0n) is 15.0. The molecule has 0 aliphatic heterocycles. The van der Waals surface area contributed by atoms with E-state index in [2.05, 4.69) is 14.5 Å². The maximum Gasteiger partial charge on any atom is 0.417 e. The van der Waals surface area contributed by atoms with Crippen molar-refractivity contribution >= 4 is 33.6 Å². The minimum atomic E-state index is -4.71. The molecule has 0 saturated carbocycles. The Hall–Kier alpha value is -3.16. The highest BCUT2D eigenvalue weighted by Gasteiger charge is 2.38. The Morgan fingerprint density at radius 2 is 1.64 bits per heavy atom. The van der Waals surface area contributed by atoms with Crippen molar-refractivity contribution in [3.63, 3.8) is 0 Å². The van der Waals surface area contributed by atoms with Crippen LogP contribution >= 0.6 is 0 Å². The summed E-state index contributed by atoms with van der Waals surface area (Å²) in [6, 6.07) is 9.90. The van der Waals surface area contributed by atoms with Gasteiger partial charge < -0.3 is 9.47 Å². The lowest BCUT2D eigenvalue weighted by Crippen LogP contribution is -2.29. The number of hydrogen-bond donors (Lipinski definition) is 0. The Balaban J connectivity index is 2.24. The largest absolute Gasteiger partial charge is 0.468 e. The van der Waals surface area contributed by atoms with Gasteiger partial charge in [-0.3, -0.25) is 14.6 Å². The third-order valence-corrected chi connectivity index (χ3v) is 4.52. The predicted octanol–water partition coefficient (Wildman–Crippen LogP) is 3.91. The highest BCUT2D eigenvalue weighted by Crippen LogP contribution is 2.39. The molecule has 3 aromatic rings. The maximum absolute atomic E-state index is 13.9. The van der Waals surface area contributed by atoms with E-state index in [0.29, 0.717) is 5.39 Å². The number of fused-ring (bicyclic) bond motifs is 3. The summed E-state index contributed by atoms with van der Waals surface area (Å²) in [5.74, 6) is -3.46. The number of carbonyl (C=O) groups is 2. The fourth-order valence-electron chi connectivity index (χ4n) is 3.23. The molecule has 0 unspecified atom stereocenters. The van der Waals surface area contributed by atoms with Crippen molar-refractivity contribution < 1.29 is 32.2 Å². The molecule has 1 aromatic heterocycles. The van der Waals surface area contributed by atoms with Crippen molar-refractivity contribution in [2.24, 2.45) is 5.92 Å². The number of carbonyl (C=O) groups excluding carboxylic acids is 2. The molecule has 0 N–H and O–H groups in total. The first-order valence-electron chi connectivity index (χ1n) is 8.30. The number of aromatic nitrogens is 1. The van der Waals surface area contributed by atoms with Crippen molar-refractivity contribution in [3.8, 4) is 0 Å². The van der Waals surface area contributed by atoms with E-state index >= 15 is 0 Å². The van der Waals surface area contributed by atoms with Crippen molar-refractivity contribution in [2.45, 2.75) is 12.6 Å². The topological polar surface area (TPSA) is 65.5 Å². The molecule has 0 amide bonds. The fourth-order valence-corrected chi connectivity index (χ4v) is 3.23. The molecule has 0 aliphatic carbocycles. The Morgan fingerprint density at radius 1 is 1.00 bits per heavy atom. The van der Waals surface area contributed by atoms with Gasteiger partial charge in [0.05, 0.1) is 25.3 Å². The summed E-state index contributed by atoms with van der Waals surface area (Å²) in [5, 5.41) is 1.23. The molecule has 3 rings (SSSR count). The van der Waals surface area contributed by atoms with E-state index in [1.165, 1.54) is 6.07 Å². The number of benzene rings is 2. The monoisotopic (exact) mass is 391 g/mol. The molecule has 0 bridgehead atoms. The molecule has 2 aromatic carbocycles. The zero-order valence-corrected chi connectivity index (χ0v) is 15.0. The molecule has 0 saturated heterocycles. The van der Waals surface area contributed by atoms with Crippen LogP contribution in [0.3, 0.4) is 0 Å². The number of alkyl halides is 3. The maximum atomic E-state index is 13.9. The third-order valence-electron chi connectivity index (χ3n) is 4.52. The first-order valence-corrected chi connectivity index (χ1v) is 8.30.